The molecular weight excluding hydrogens is 126 g/mol. The molecule has 2 aliphatic heterocycles. The highest BCUT2D eigenvalue weighted by Crippen LogP contribution is 2.30. The van der Waals surface area contributed by atoms with E-state index in [9.17, 15) is 0 Å². The number of hydrogen-bond acceptors (Lipinski definition) is 2. The molecule has 2 rings (SSSR count). The maximum absolute atomic E-state index is 5.37. The molecule has 2 atom stereocenters. The molecule has 2 fully saturated rings. The smallest absolute Gasteiger partial charge is 0.0649 e. The fourth-order valence-corrected chi connectivity index (χ4v) is 2.08. The van der Waals surface area contributed by atoms with Gasteiger partial charge in [-0.3, -0.25) is 0 Å². The van der Waals surface area contributed by atoms with Gasteiger partial charge in [0.25, 0.3) is 0 Å². The number of hydrogen-bond donors (Lipinski definition) is 1. The van der Waals surface area contributed by atoms with E-state index in [0.29, 0.717) is 11.6 Å². The third-order valence-corrected chi connectivity index (χ3v) is 2.71. The molecule has 0 bridgehead atoms. The van der Waals surface area contributed by atoms with Gasteiger partial charge in [0, 0.05) is 18.2 Å². The van der Waals surface area contributed by atoms with Crippen molar-refractivity contribution in [1.82, 2.24) is 5.32 Å². The summed E-state index contributed by atoms with van der Waals surface area (Å²) in [6.07, 6.45) is 3.86. The van der Waals surface area contributed by atoms with Crippen molar-refractivity contribution in [2.45, 2.75) is 37.8 Å². The molecule has 1 spiro atoms. The fraction of sp³-hybridized carbons (Fsp3) is 1.00. The van der Waals surface area contributed by atoms with Crippen LogP contribution in [-0.4, -0.2) is 24.8 Å². The SMILES string of the molecule is C[C@H]1CC[C@@]2(CCOC2)N1. The Morgan fingerprint density at radius 2 is 2.40 bits per heavy atom. The van der Waals surface area contributed by atoms with Gasteiger partial charge in [0.05, 0.1) is 6.61 Å². The van der Waals surface area contributed by atoms with Crippen LogP contribution in [-0.2, 0) is 4.74 Å². The average molecular weight is 141 g/mol. The topological polar surface area (TPSA) is 21.3 Å². The molecule has 1 N–H and O–H groups in total. The molecule has 0 amide bonds. The molecule has 2 saturated heterocycles. The zero-order chi connectivity index (χ0) is 7.03. The monoisotopic (exact) mass is 141 g/mol. The summed E-state index contributed by atoms with van der Waals surface area (Å²) in [6, 6.07) is 0.710. The summed E-state index contributed by atoms with van der Waals surface area (Å²) in [5.74, 6) is 0. The van der Waals surface area contributed by atoms with Gasteiger partial charge >= 0.3 is 0 Å². The predicted octanol–water partition coefficient (Wildman–Crippen LogP) is 0.917. The van der Waals surface area contributed by atoms with Crippen molar-refractivity contribution in [2.24, 2.45) is 0 Å². The Balaban J connectivity index is 2.03. The summed E-state index contributed by atoms with van der Waals surface area (Å²) in [5.41, 5.74) is 0.388. The Labute approximate surface area is 61.9 Å². The van der Waals surface area contributed by atoms with Crippen molar-refractivity contribution < 1.29 is 4.74 Å². The van der Waals surface area contributed by atoms with E-state index in [1.807, 2.05) is 0 Å². The third-order valence-electron chi connectivity index (χ3n) is 2.71. The van der Waals surface area contributed by atoms with E-state index in [-0.39, 0.29) is 0 Å². The minimum atomic E-state index is 0.388. The Hall–Kier alpha value is -0.0800. The zero-order valence-corrected chi connectivity index (χ0v) is 6.52. The Morgan fingerprint density at radius 3 is 2.90 bits per heavy atom. The van der Waals surface area contributed by atoms with E-state index in [1.165, 1.54) is 19.3 Å². The van der Waals surface area contributed by atoms with Crippen molar-refractivity contribution in [2.75, 3.05) is 13.2 Å². The maximum atomic E-state index is 5.37. The van der Waals surface area contributed by atoms with Crippen LogP contribution in [0.25, 0.3) is 0 Å². The van der Waals surface area contributed by atoms with E-state index < -0.39 is 0 Å². The lowest BCUT2D eigenvalue weighted by Gasteiger charge is -2.21. The van der Waals surface area contributed by atoms with E-state index in [0.717, 1.165) is 13.2 Å². The molecular formula is C8H15NO. The van der Waals surface area contributed by atoms with Gasteiger partial charge in [0.15, 0.2) is 0 Å². The molecule has 0 saturated carbocycles. The summed E-state index contributed by atoms with van der Waals surface area (Å²) in [5, 5.41) is 3.60. The molecule has 2 nitrogen and oxygen atoms in total. The van der Waals surface area contributed by atoms with E-state index >= 15 is 0 Å². The van der Waals surface area contributed by atoms with Gasteiger partial charge in [-0.1, -0.05) is 0 Å². The molecule has 0 aliphatic carbocycles. The first-order valence-electron chi connectivity index (χ1n) is 4.16. The average Bonchev–Trinajstić information content (AvgIpc) is 2.46. The first-order chi connectivity index (χ1) is 4.81. The normalized spacial score (nSPS) is 47.1. The third kappa shape index (κ3) is 0.956. The molecule has 2 heteroatoms. The summed E-state index contributed by atoms with van der Waals surface area (Å²) in [4.78, 5) is 0. The second kappa shape index (κ2) is 2.21. The van der Waals surface area contributed by atoms with Crippen molar-refractivity contribution in [3.63, 3.8) is 0 Å². The van der Waals surface area contributed by atoms with Gasteiger partial charge in [-0.15, -0.1) is 0 Å². The molecule has 0 aromatic heterocycles. The highest BCUT2D eigenvalue weighted by molar-refractivity contribution is 4.98. The summed E-state index contributed by atoms with van der Waals surface area (Å²) in [6.45, 7) is 4.16. The van der Waals surface area contributed by atoms with Crippen LogP contribution < -0.4 is 5.32 Å². The van der Waals surface area contributed by atoms with Gasteiger partial charge < -0.3 is 10.1 Å². The van der Waals surface area contributed by atoms with Crippen LogP contribution in [0.15, 0.2) is 0 Å². The molecule has 0 unspecified atom stereocenters. The molecule has 58 valence electrons. The highest BCUT2D eigenvalue weighted by atomic mass is 16.5. The van der Waals surface area contributed by atoms with Crippen molar-refractivity contribution >= 4 is 0 Å². The number of nitrogens with one attached hydrogen (secondary N) is 1. The maximum Gasteiger partial charge on any atom is 0.0649 e. The Morgan fingerprint density at radius 1 is 1.50 bits per heavy atom. The summed E-state index contributed by atoms with van der Waals surface area (Å²) >= 11 is 0. The van der Waals surface area contributed by atoms with Crippen LogP contribution >= 0.6 is 0 Å². The van der Waals surface area contributed by atoms with Crippen LogP contribution in [0.2, 0.25) is 0 Å². The van der Waals surface area contributed by atoms with Gasteiger partial charge in [-0.2, -0.15) is 0 Å². The van der Waals surface area contributed by atoms with Crippen LogP contribution in [0.4, 0.5) is 0 Å². The lowest BCUT2D eigenvalue weighted by atomic mass is 9.97. The van der Waals surface area contributed by atoms with Crippen LogP contribution in [0.3, 0.4) is 0 Å². The zero-order valence-electron chi connectivity index (χ0n) is 6.52. The summed E-state index contributed by atoms with van der Waals surface area (Å²) < 4.78 is 5.37. The lowest BCUT2D eigenvalue weighted by molar-refractivity contribution is 0.171. The van der Waals surface area contributed by atoms with E-state index in [1.54, 1.807) is 0 Å². The summed E-state index contributed by atoms with van der Waals surface area (Å²) in [7, 11) is 0. The van der Waals surface area contributed by atoms with Gasteiger partial charge in [0.2, 0.25) is 0 Å². The van der Waals surface area contributed by atoms with Crippen LogP contribution in [0.5, 0.6) is 0 Å². The quantitative estimate of drug-likeness (QED) is 0.541. The highest BCUT2D eigenvalue weighted by Gasteiger charge is 2.39. The first-order valence-corrected chi connectivity index (χ1v) is 4.16. The molecule has 0 radical (unpaired) electrons. The fourth-order valence-electron chi connectivity index (χ4n) is 2.08. The van der Waals surface area contributed by atoms with E-state index in [4.69, 9.17) is 4.74 Å². The van der Waals surface area contributed by atoms with Gasteiger partial charge in [0.1, 0.15) is 0 Å². The van der Waals surface area contributed by atoms with Gasteiger partial charge in [-0.05, 0) is 26.2 Å². The predicted molar refractivity (Wildman–Crippen MR) is 40.0 cm³/mol. The van der Waals surface area contributed by atoms with Crippen molar-refractivity contribution in [1.29, 1.82) is 0 Å². The molecule has 10 heavy (non-hydrogen) atoms. The number of ether oxygens (including phenoxy) is 1. The second-order valence-corrected chi connectivity index (χ2v) is 3.67. The van der Waals surface area contributed by atoms with Crippen LogP contribution in [0, 0.1) is 0 Å². The molecule has 0 aromatic rings. The minimum Gasteiger partial charge on any atom is -0.379 e. The largest absolute Gasteiger partial charge is 0.379 e. The molecule has 2 heterocycles. The molecule has 2 aliphatic rings. The minimum absolute atomic E-state index is 0.388. The molecule has 0 aromatic carbocycles. The Kier molecular flexibility index (Phi) is 1.46. The van der Waals surface area contributed by atoms with Crippen LogP contribution in [0.1, 0.15) is 26.2 Å². The van der Waals surface area contributed by atoms with Crippen molar-refractivity contribution in [3.05, 3.63) is 0 Å². The second-order valence-electron chi connectivity index (χ2n) is 3.67. The standard InChI is InChI=1S/C8H15NO/c1-7-2-3-8(9-7)4-5-10-6-8/h7,9H,2-6H2,1H3/t7-,8-/m0/s1. The van der Waals surface area contributed by atoms with Gasteiger partial charge in [-0.25, -0.2) is 0 Å². The van der Waals surface area contributed by atoms with Crippen molar-refractivity contribution in [3.8, 4) is 0 Å². The van der Waals surface area contributed by atoms with E-state index in [2.05, 4.69) is 12.2 Å². The number of rotatable bonds is 0. The first kappa shape index (κ1) is 6.62. The lowest BCUT2D eigenvalue weighted by Crippen LogP contribution is -2.42. The Bertz CT molecular complexity index is 129.